The van der Waals surface area contributed by atoms with Gasteiger partial charge in [0.15, 0.2) is 5.01 Å². The predicted molar refractivity (Wildman–Crippen MR) is 111 cm³/mol. The van der Waals surface area contributed by atoms with E-state index in [0.717, 1.165) is 63.3 Å². The van der Waals surface area contributed by atoms with E-state index in [4.69, 9.17) is 0 Å². The van der Waals surface area contributed by atoms with Gasteiger partial charge in [-0.05, 0) is 50.4 Å². The van der Waals surface area contributed by atoms with Crippen LogP contribution in [0.4, 0.5) is 5.82 Å². The Morgan fingerprint density at radius 3 is 2.79 bits per heavy atom. The third-order valence-electron chi connectivity index (χ3n) is 6.64. The molecule has 2 saturated heterocycles. The topological polar surface area (TPSA) is 82.5 Å². The number of aliphatic hydroxyl groups is 1. The summed E-state index contributed by atoms with van der Waals surface area (Å²) < 4.78 is 0. The van der Waals surface area contributed by atoms with E-state index in [0.29, 0.717) is 11.6 Å². The quantitative estimate of drug-likeness (QED) is 0.814. The van der Waals surface area contributed by atoms with Crippen LogP contribution >= 0.6 is 11.3 Å². The summed E-state index contributed by atoms with van der Waals surface area (Å²) in [7, 11) is 0. The number of aryl methyl sites for hydroxylation is 2. The number of β-amino-alcohol motifs (C(OH)–C–C–N with tert-alkyl or cyclic N) is 1. The average molecular weight is 414 g/mol. The van der Waals surface area contributed by atoms with Crippen molar-refractivity contribution in [1.29, 1.82) is 0 Å². The fourth-order valence-electron chi connectivity index (χ4n) is 5.11. The lowest BCUT2D eigenvalue weighted by molar-refractivity contribution is 0.0246. The predicted octanol–water partition coefficient (Wildman–Crippen LogP) is 2.31. The Morgan fingerprint density at radius 2 is 2.03 bits per heavy atom. The SMILES string of the molecule is O=C(c1nc2c(s1)CCCC2)N1CCC2(CC1)CC(O)CN(c1cnccn1)C2. The molecule has 3 aliphatic rings. The van der Waals surface area contributed by atoms with E-state index in [1.165, 1.54) is 17.7 Å². The molecule has 1 aliphatic carbocycles. The third-order valence-corrected chi connectivity index (χ3v) is 7.78. The number of aliphatic hydroxyl groups excluding tert-OH is 1. The normalized spacial score (nSPS) is 23.8. The molecule has 2 aromatic heterocycles. The molecule has 5 rings (SSSR count). The number of rotatable bonds is 2. The van der Waals surface area contributed by atoms with Crippen LogP contribution in [0.2, 0.25) is 0 Å². The van der Waals surface area contributed by atoms with Crippen LogP contribution in [0.5, 0.6) is 0 Å². The Kier molecular flexibility index (Phi) is 4.99. The molecule has 2 fully saturated rings. The van der Waals surface area contributed by atoms with Gasteiger partial charge in [-0.15, -0.1) is 11.3 Å². The maximum absolute atomic E-state index is 13.0. The summed E-state index contributed by atoms with van der Waals surface area (Å²) in [4.78, 5) is 31.7. The van der Waals surface area contributed by atoms with Crippen LogP contribution in [-0.4, -0.2) is 63.1 Å². The number of amides is 1. The van der Waals surface area contributed by atoms with Crippen molar-refractivity contribution >= 4 is 23.1 Å². The fraction of sp³-hybridized carbons (Fsp3) is 0.619. The van der Waals surface area contributed by atoms with E-state index in [-0.39, 0.29) is 17.4 Å². The third kappa shape index (κ3) is 3.75. The minimum Gasteiger partial charge on any atom is -0.391 e. The van der Waals surface area contributed by atoms with Gasteiger partial charge in [0.1, 0.15) is 5.82 Å². The van der Waals surface area contributed by atoms with Crippen LogP contribution in [-0.2, 0) is 12.8 Å². The summed E-state index contributed by atoms with van der Waals surface area (Å²) in [6.45, 7) is 2.90. The highest BCUT2D eigenvalue weighted by Gasteiger charge is 2.43. The van der Waals surface area contributed by atoms with Gasteiger partial charge in [-0.25, -0.2) is 9.97 Å². The lowest BCUT2D eigenvalue weighted by atomic mass is 9.71. The van der Waals surface area contributed by atoms with E-state index in [1.807, 2.05) is 4.90 Å². The fourth-order valence-corrected chi connectivity index (χ4v) is 6.22. The number of carbonyl (C=O) groups is 1. The Balaban J connectivity index is 1.26. The molecule has 1 unspecified atom stereocenters. The molecule has 0 saturated carbocycles. The molecule has 7 nitrogen and oxygen atoms in total. The van der Waals surface area contributed by atoms with E-state index in [1.54, 1.807) is 29.9 Å². The number of piperidine rings is 2. The zero-order valence-electron chi connectivity index (χ0n) is 16.6. The molecule has 1 amide bonds. The van der Waals surface area contributed by atoms with Crippen LogP contribution in [0.25, 0.3) is 0 Å². The minimum absolute atomic E-state index is 0.0219. The summed E-state index contributed by atoms with van der Waals surface area (Å²) in [5, 5.41) is 11.2. The number of fused-ring (bicyclic) bond motifs is 1. The molecule has 2 aliphatic heterocycles. The number of likely N-dealkylation sites (tertiary alicyclic amines) is 1. The standard InChI is InChI=1S/C21H27N5O2S/c27-15-11-21(14-26(13-15)18-12-22-7-8-23-18)5-9-25(10-6-21)20(28)19-24-16-3-1-2-4-17(16)29-19/h7-8,12,15,27H,1-6,9-11,13-14H2. The molecular weight excluding hydrogens is 386 g/mol. The monoisotopic (exact) mass is 413 g/mol. The zero-order valence-corrected chi connectivity index (χ0v) is 17.4. The van der Waals surface area contributed by atoms with Crippen LogP contribution in [0.15, 0.2) is 18.6 Å². The lowest BCUT2D eigenvalue weighted by Crippen LogP contribution is -2.54. The Bertz CT molecular complexity index is 855. The Labute approximate surface area is 174 Å². The van der Waals surface area contributed by atoms with Crippen LogP contribution in [0.1, 0.15) is 52.5 Å². The molecule has 1 N–H and O–H groups in total. The van der Waals surface area contributed by atoms with Crippen LogP contribution in [0.3, 0.4) is 0 Å². The van der Waals surface area contributed by atoms with E-state index in [2.05, 4.69) is 19.9 Å². The number of carbonyl (C=O) groups excluding carboxylic acids is 1. The molecular formula is C21H27N5O2S. The molecule has 4 heterocycles. The number of hydrogen-bond donors (Lipinski definition) is 1. The molecule has 154 valence electrons. The first-order valence-corrected chi connectivity index (χ1v) is 11.4. The van der Waals surface area contributed by atoms with Crippen molar-refractivity contribution in [2.75, 3.05) is 31.1 Å². The van der Waals surface area contributed by atoms with Gasteiger partial charge in [0, 0.05) is 43.4 Å². The second-order valence-corrected chi connectivity index (χ2v) is 9.77. The van der Waals surface area contributed by atoms with Gasteiger partial charge in [-0.3, -0.25) is 9.78 Å². The Hall–Kier alpha value is -2.06. The highest BCUT2D eigenvalue weighted by Crippen LogP contribution is 2.41. The van der Waals surface area contributed by atoms with Gasteiger partial charge in [0.2, 0.25) is 0 Å². The number of nitrogens with zero attached hydrogens (tertiary/aromatic N) is 5. The smallest absolute Gasteiger partial charge is 0.282 e. The molecule has 0 bridgehead atoms. The van der Waals surface area contributed by atoms with Crippen LogP contribution in [0, 0.1) is 5.41 Å². The second-order valence-electron chi connectivity index (χ2n) is 8.69. The summed E-state index contributed by atoms with van der Waals surface area (Å²) in [6.07, 6.45) is 11.8. The van der Waals surface area contributed by atoms with E-state index in [9.17, 15) is 9.90 Å². The van der Waals surface area contributed by atoms with E-state index >= 15 is 0 Å². The largest absolute Gasteiger partial charge is 0.391 e. The van der Waals surface area contributed by atoms with Gasteiger partial charge in [0.05, 0.1) is 18.0 Å². The molecule has 8 heteroatoms. The zero-order chi connectivity index (χ0) is 19.8. The van der Waals surface area contributed by atoms with Crippen molar-refractivity contribution < 1.29 is 9.90 Å². The summed E-state index contributed by atoms with van der Waals surface area (Å²) >= 11 is 1.60. The van der Waals surface area contributed by atoms with Gasteiger partial charge < -0.3 is 14.9 Å². The minimum atomic E-state index is -0.376. The second kappa shape index (κ2) is 7.65. The number of anilines is 1. The highest BCUT2D eigenvalue weighted by molar-refractivity contribution is 7.13. The van der Waals surface area contributed by atoms with Gasteiger partial charge in [-0.1, -0.05) is 0 Å². The number of thiazole rings is 1. The van der Waals surface area contributed by atoms with E-state index < -0.39 is 0 Å². The number of hydrogen-bond acceptors (Lipinski definition) is 7. The average Bonchev–Trinajstić information content (AvgIpc) is 3.18. The molecule has 29 heavy (non-hydrogen) atoms. The van der Waals surface area contributed by atoms with Crippen molar-refractivity contribution in [3.05, 3.63) is 34.2 Å². The first-order valence-electron chi connectivity index (χ1n) is 10.6. The summed E-state index contributed by atoms with van der Waals surface area (Å²) in [6, 6.07) is 0. The summed E-state index contributed by atoms with van der Waals surface area (Å²) in [5.74, 6) is 0.902. The van der Waals surface area contributed by atoms with Crippen molar-refractivity contribution in [3.8, 4) is 0 Å². The number of aromatic nitrogens is 3. The van der Waals surface area contributed by atoms with Gasteiger partial charge in [-0.2, -0.15) is 0 Å². The van der Waals surface area contributed by atoms with Crippen molar-refractivity contribution in [1.82, 2.24) is 19.9 Å². The van der Waals surface area contributed by atoms with Crippen molar-refractivity contribution in [2.24, 2.45) is 5.41 Å². The first-order chi connectivity index (χ1) is 14.1. The molecule has 0 aromatic carbocycles. The Morgan fingerprint density at radius 1 is 1.21 bits per heavy atom. The first kappa shape index (κ1) is 18.9. The molecule has 2 aromatic rings. The molecule has 1 atom stereocenters. The van der Waals surface area contributed by atoms with Crippen LogP contribution < -0.4 is 4.90 Å². The highest BCUT2D eigenvalue weighted by atomic mass is 32.1. The molecule has 0 radical (unpaired) electrons. The van der Waals surface area contributed by atoms with Gasteiger partial charge >= 0.3 is 0 Å². The van der Waals surface area contributed by atoms with Crippen molar-refractivity contribution in [3.63, 3.8) is 0 Å². The van der Waals surface area contributed by atoms with Gasteiger partial charge in [0.25, 0.3) is 5.91 Å². The maximum atomic E-state index is 13.0. The molecule has 1 spiro atoms. The summed E-state index contributed by atoms with van der Waals surface area (Å²) in [5.41, 5.74) is 1.17. The lowest BCUT2D eigenvalue weighted by Gasteiger charge is -2.49. The van der Waals surface area contributed by atoms with Crippen molar-refractivity contribution in [2.45, 2.75) is 51.0 Å². The maximum Gasteiger partial charge on any atom is 0.282 e.